The molecule has 0 aromatic heterocycles. The summed E-state index contributed by atoms with van der Waals surface area (Å²) >= 11 is 0. The van der Waals surface area contributed by atoms with Gasteiger partial charge >= 0.3 is 11.9 Å². The molecule has 0 aliphatic carbocycles. The first-order valence-corrected chi connectivity index (χ1v) is 9.58. The summed E-state index contributed by atoms with van der Waals surface area (Å²) in [7, 11) is 3.89. The van der Waals surface area contributed by atoms with Crippen LogP contribution in [-0.2, 0) is 20.0 Å². The molecule has 0 spiro atoms. The van der Waals surface area contributed by atoms with Crippen molar-refractivity contribution in [1.29, 1.82) is 0 Å². The number of rotatable bonds is 4. The van der Waals surface area contributed by atoms with Crippen LogP contribution in [0.5, 0.6) is 0 Å². The van der Waals surface area contributed by atoms with E-state index in [0.717, 1.165) is 5.69 Å². The number of ether oxygens (including phenoxy) is 3. The average molecular weight is 401 g/mol. The number of hydrogen-bond acceptors (Lipinski definition) is 6. The number of cyclic esters (lactones) is 2. The van der Waals surface area contributed by atoms with Gasteiger partial charge in [-0.3, -0.25) is 4.74 Å². The highest BCUT2D eigenvalue weighted by atomic mass is 16.8. The van der Waals surface area contributed by atoms with E-state index in [9.17, 15) is 9.59 Å². The van der Waals surface area contributed by atoms with Crippen LogP contribution in [0.25, 0.3) is 0 Å². The smallest absolute Gasteiger partial charge is 0.341 e. The quantitative estimate of drug-likeness (QED) is 0.616. The Kier molecular flexibility index (Phi) is 4.11. The number of hydrogen-bond donors (Lipinski definition) is 0. The van der Waals surface area contributed by atoms with Gasteiger partial charge in [0, 0.05) is 36.5 Å². The lowest BCUT2D eigenvalue weighted by Gasteiger charge is -2.32. The van der Waals surface area contributed by atoms with Gasteiger partial charge in [0.15, 0.2) is 0 Å². The number of carbonyl (C=O) groups excluding carboxylic acids is 2. The summed E-state index contributed by atoms with van der Waals surface area (Å²) < 4.78 is 17.7. The van der Waals surface area contributed by atoms with Crippen molar-refractivity contribution in [1.82, 2.24) is 0 Å². The van der Waals surface area contributed by atoms with E-state index < -0.39 is 24.0 Å². The topological polar surface area (TPSA) is 65.1 Å². The van der Waals surface area contributed by atoms with Crippen molar-refractivity contribution >= 4 is 17.6 Å². The zero-order chi connectivity index (χ0) is 20.9. The number of anilines is 1. The normalized spacial score (nSPS) is 21.6. The predicted molar refractivity (Wildman–Crippen MR) is 109 cm³/mol. The van der Waals surface area contributed by atoms with Crippen molar-refractivity contribution in [3.63, 3.8) is 0 Å². The number of esters is 2. The van der Waals surface area contributed by atoms with Gasteiger partial charge in [-0.15, -0.1) is 0 Å². The third-order valence-electron chi connectivity index (χ3n) is 5.42. The molecule has 2 unspecified atom stereocenters. The van der Waals surface area contributed by atoms with Gasteiger partial charge in [0.1, 0.15) is 0 Å². The van der Waals surface area contributed by atoms with Gasteiger partial charge in [-0.2, -0.15) is 0 Å². The molecule has 0 bridgehead atoms. The molecular formula is C24H19NO5. The number of benzene rings is 3. The maximum Gasteiger partial charge on any atom is 0.341 e. The second-order valence-corrected chi connectivity index (χ2v) is 7.44. The largest absolute Gasteiger partial charge is 0.427 e. The van der Waals surface area contributed by atoms with E-state index in [1.807, 2.05) is 55.4 Å². The fourth-order valence-corrected chi connectivity index (χ4v) is 3.89. The molecule has 150 valence electrons. The summed E-state index contributed by atoms with van der Waals surface area (Å²) in [6.45, 7) is 0. The lowest BCUT2D eigenvalue weighted by Crippen LogP contribution is -2.33. The molecule has 2 atom stereocenters. The van der Waals surface area contributed by atoms with Gasteiger partial charge in [-0.25, -0.2) is 9.59 Å². The third kappa shape index (κ3) is 2.69. The van der Waals surface area contributed by atoms with E-state index >= 15 is 0 Å². The summed E-state index contributed by atoms with van der Waals surface area (Å²) in [5, 5.41) is 0. The molecule has 0 saturated carbocycles. The first kappa shape index (κ1) is 18.4. The fraction of sp³-hybridized carbons (Fsp3) is 0.167. The Balaban J connectivity index is 1.64. The molecule has 0 amide bonds. The van der Waals surface area contributed by atoms with Crippen LogP contribution in [0.2, 0.25) is 0 Å². The van der Waals surface area contributed by atoms with E-state index in [1.54, 1.807) is 36.4 Å². The first-order chi connectivity index (χ1) is 14.5. The molecule has 0 N–H and O–H groups in total. The summed E-state index contributed by atoms with van der Waals surface area (Å²) in [4.78, 5) is 27.0. The minimum Gasteiger partial charge on any atom is -0.427 e. The Hall–Kier alpha value is -3.64. The van der Waals surface area contributed by atoms with Crippen molar-refractivity contribution in [3.8, 4) is 0 Å². The molecule has 2 heterocycles. The van der Waals surface area contributed by atoms with Crippen LogP contribution in [0.4, 0.5) is 5.69 Å². The van der Waals surface area contributed by atoms with Crippen LogP contribution in [0.1, 0.15) is 43.7 Å². The Morgan fingerprint density at radius 1 is 0.833 bits per heavy atom. The highest BCUT2D eigenvalue weighted by molar-refractivity contribution is 5.95. The van der Waals surface area contributed by atoms with Crippen LogP contribution >= 0.6 is 0 Å². The van der Waals surface area contributed by atoms with E-state index in [2.05, 4.69) is 0 Å². The molecule has 2 aliphatic rings. The van der Waals surface area contributed by atoms with Crippen LogP contribution in [-0.4, -0.2) is 26.0 Å². The minimum absolute atomic E-state index is 0.423. The van der Waals surface area contributed by atoms with Crippen molar-refractivity contribution in [2.24, 2.45) is 0 Å². The maximum atomic E-state index is 12.7. The van der Waals surface area contributed by atoms with Crippen molar-refractivity contribution in [2.45, 2.75) is 12.1 Å². The van der Waals surface area contributed by atoms with E-state index in [-0.39, 0.29) is 0 Å². The molecule has 3 aromatic carbocycles. The van der Waals surface area contributed by atoms with Gasteiger partial charge in [-0.05, 0) is 24.3 Å². The summed E-state index contributed by atoms with van der Waals surface area (Å²) in [5.41, 5.74) is 3.67. The highest BCUT2D eigenvalue weighted by Gasteiger charge is 2.52. The standard InChI is InChI=1S/C24H19NO5/c1-25(2)16-13-11-15(12-14-16)24(20-10-6-5-9-19(20)22(27)29-24)30-23-18-8-4-3-7-17(18)21(26)28-23/h3-14,23H,1-2H3. The van der Waals surface area contributed by atoms with E-state index in [1.165, 1.54) is 0 Å². The van der Waals surface area contributed by atoms with Gasteiger partial charge in [0.2, 0.25) is 6.29 Å². The zero-order valence-corrected chi connectivity index (χ0v) is 16.5. The molecule has 0 fully saturated rings. The molecule has 6 nitrogen and oxygen atoms in total. The predicted octanol–water partition coefficient (Wildman–Crippen LogP) is 4.01. The number of carbonyl (C=O) groups is 2. The molecule has 2 aliphatic heterocycles. The Morgan fingerprint density at radius 2 is 1.50 bits per heavy atom. The molecule has 6 heteroatoms. The molecule has 30 heavy (non-hydrogen) atoms. The van der Waals surface area contributed by atoms with Gasteiger partial charge < -0.3 is 14.4 Å². The van der Waals surface area contributed by atoms with Crippen LogP contribution in [0.15, 0.2) is 72.8 Å². The van der Waals surface area contributed by atoms with Crippen LogP contribution in [0.3, 0.4) is 0 Å². The summed E-state index contributed by atoms with van der Waals surface area (Å²) in [6, 6.07) is 21.7. The Bertz CT molecular complexity index is 1150. The molecule has 0 saturated heterocycles. The summed E-state index contributed by atoms with van der Waals surface area (Å²) in [5.74, 6) is -2.48. The third-order valence-corrected chi connectivity index (χ3v) is 5.42. The number of nitrogens with zero attached hydrogens (tertiary/aromatic N) is 1. The van der Waals surface area contributed by atoms with Crippen LogP contribution < -0.4 is 4.90 Å². The lowest BCUT2D eigenvalue weighted by molar-refractivity contribution is -0.256. The van der Waals surface area contributed by atoms with Crippen molar-refractivity contribution in [2.75, 3.05) is 19.0 Å². The monoisotopic (exact) mass is 401 g/mol. The van der Waals surface area contributed by atoms with Gasteiger partial charge in [-0.1, -0.05) is 48.5 Å². The summed E-state index contributed by atoms with van der Waals surface area (Å²) in [6.07, 6.45) is -0.999. The Morgan fingerprint density at radius 3 is 2.23 bits per heavy atom. The van der Waals surface area contributed by atoms with Crippen molar-refractivity contribution in [3.05, 3.63) is 101 Å². The second-order valence-electron chi connectivity index (χ2n) is 7.44. The van der Waals surface area contributed by atoms with Gasteiger partial charge in [0.05, 0.1) is 11.1 Å². The first-order valence-electron chi connectivity index (χ1n) is 9.58. The van der Waals surface area contributed by atoms with Crippen LogP contribution in [0, 0.1) is 0 Å². The van der Waals surface area contributed by atoms with Gasteiger partial charge in [0.25, 0.3) is 5.79 Å². The average Bonchev–Trinajstić information content (AvgIpc) is 3.24. The molecule has 0 radical (unpaired) electrons. The van der Waals surface area contributed by atoms with Crippen molar-refractivity contribution < 1.29 is 23.8 Å². The molecular weight excluding hydrogens is 382 g/mol. The second kappa shape index (κ2) is 6.71. The SMILES string of the molecule is CN(C)c1ccc(C2(OC3OC(=O)c4ccccc43)OC(=O)c3ccccc32)cc1. The van der Waals surface area contributed by atoms with E-state index in [4.69, 9.17) is 14.2 Å². The number of fused-ring (bicyclic) bond motifs is 2. The molecule has 3 aromatic rings. The van der Waals surface area contributed by atoms with E-state index in [0.29, 0.717) is 27.8 Å². The molecule has 5 rings (SSSR count). The zero-order valence-electron chi connectivity index (χ0n) is 16.5. The highest BCUT2D eigenvalue weighted by Crippen LogP contribution is 2.47. The lowest BCUT2D eigenvalue weighted by atomic mass is 9.95. The Labute approximate surface area is 173 Å². The maximum absolute atomic E-state index is 12.7. The fourth-order valence-electron chi connectivity index (χ4n) is 3.89. The minimum atomic E-state index is -1.53.